The number of aromatic amines is 1. The van der Waals surface area contributed by atoms with E-state index in [1.807, 2.05) is 84.8 Å². The van der Waals surface area contributed by atoms with Crippen molar-refractivity contribution < 1.29 is 14.3 Å². The summed E-state index contributed by atoms with van der Waals surface area (Å²) < 4.78 is 5.35. The van der Waals surface area contributed by atoms with Gasteiger partial charge in [0, 0.05) is 69.8 Å². The molecule has 2 saturated heterocycles. The number of ether oxygens (including phenoxy) is 1. The molecule has 2 aliphatic rings. The molecule has 0 unspecified atom stereocenters. The normalized spacial score (nSPS) is 21.0. The number of hydrogen-bond donors (Lipinski definition) is 2. The summed E-state index contributed by atoms with van der Waals surface area (Å²) in [6, 6.07) is 21.3. The van der Waals surface area contributed by atoms with E-state index in [0.717, 1.165) is 56.6 Å². The first-order chi connectivity index (χ1) is 20.8. The average Bonchev–Trinajstić information content (AvgIpc) is 3.53. The van der Waals surface area contributed by atoms with Crippen LogP contribution in [0, 0.1) is 6.92 Å². The highest BCUT2D eigenvalue weighted by atomic mass is 79.9. The molecule has 7 nitrogen and oxygen atoms in total. The van der Waals surface area contributed by atoms with Gasteiger partial charge in [-0.25, -0.2) is 0 Å². The molecular weight excluding hydrogens is 648 g/mol. The standard InChI is InChI=1S/C33H34BrClN4O3S/c1-22-2-9-26(10-3-22)43-33(32(41)36-12-13-38-14-16-42-17-15-38)19-30(40)39(21-23-4-6-24(34)7-5-23)31(33)28-20-37-29-18-25(35)8-11-27(28)29/h2-11,18,20,31,37H,12-17,19,21H2,1H3,(H,36,41)/t31-,33+/m1/s1. The van der Waals surface area contributed by atoms with Gasteiger partial charge in [-0.2, -0.15) is 0 Å². The van der Waals surface area contributed by atoms with Gasteiger partial charge >= 0.3 is 0 Å². The van der Waals surface area contributed by atoms with Gasteiger partial charge in [0.15, 0.2) is 0 Å². The van der Waals surface area contributed by atoms with Crippen molar-refractivity contribution in [1.82, 2.24) is 20.1 Å². The smallest absolute Gasteiger partial charge is 0.239 e. The zero-order valence-corrected chi connectivity index (χ0v) is 27.1. The summed E-state index contributed by atoms with van der Waals surface area (Å²) in [5.74, 6) is -0.189. The number of benzene rings is 3. The number of rotatable bonds is 9. The monoisotopic (exact) mass is 680 g/mol. The largest absolute Gasteiger partial charge is 0.379 e. The van der Waals surface area contributed by atoms with Crippen molar-refractivity contribution in [2.45, 2.75) is 35.6 Å². The highest BCUT2D eigenvalue weighted by Gasteiger charge is 2.58. The van der Waals surface area contributed by atoms with E-state index in [-0.39, 0.29) is 18.2 Å². The van der Waals surface area contributed by atoms with E-state index in [4.69, 9.17) is 16.3 Å². The lowest BCUT2D eigenvalue weighted by atomic mass is 9.91. The van der Waals surface area contributed by atoms with Crippen molar-refractivity contribution >= 4 is 62.0 Å². The average molecular weight is 682 g/mol. The van der Waals surface area contributed by atoms with Gasteiger partial charge in [-0.3, -0.25) is 14.5 Å². The number of morpholine rings is 1. The molecule has 0 bridgehead atoms. The number of likely N-dealkylation sites (tertiary alicyclic amines) is 1. The number of hydrogen-bond acceptors (Lipinski definition) is 5. The van der Waals surface area contributed by atoms with Crippen molar-refractivity contribution in [2.24, 2.45) is 0 Å². The summed E-state index contributed by atoms with van der Waals surface area (Å²) in [5.41, 5.74) is 3.90. The van der Waals surface area contributed by atoms with E-state index in [2.05, 4.69) is 31.1 Å². The molecule has 224 valence electrons. The number of aromatic nitrogens is 1. The molecule has 0 spiro atoms. The van der Waals surface area contributed by atoms with Crippen LogP contribution in [0.15, 0.2) is 82.3 Å². The molecule has 3 aromatic carbocycles. The minimum Gasteiger partial charge on any atom is -0.379 e. The summed E-state index contributed by atoms with van der Waals surface area (Å²) in [6.45, 7) is 6.74. The lowest BCUT2D eigenvalue weighted by Gasteiger charge is -2.36. The van der Waals surface area contributed by atoms with Crippen LogP contribution in [0.4, 0.5) is 0 Å². The number of thioether (sulfide) groups is 1. The van der Waals surface area contributed by atoms with Gasteiger partial charge in [0.05, 0.1) is 25.7 Å². The fourth-order valence-corrected chi connectivity index (χ4v) is 7.87. The quantitative estimate of drug-likeness (QED) is 0.216. The number of amides is 2. The molecule has 2 fully saturated rings. The number of fused-ring (bicyclic) bond motifs is 1. The molecule has 2 aliphatic heterocycles. The molecule has 3 heterocycles. The van der Waals surface area contributed by atoms with E-state index < -0.39 is 10.8 Å². The first kappa shape index (κ1) is 30.2. The van der Waals surface area contributed by atoms with Crippen LogP contribution in [-0.2, 0) is 20.9 Å². The molecule has 2 amide bonds. The summed E-state index contributed by atoms with van der Waals surface area (Å²) in [6.07, 6.45) is 2.01. The number of aryl methyl sites for hydroxylation is 1. The van der Waals surface area contributed by atoms with Crippen LogP contribution in [0.1, 0.15) is 29.2 Å². The third-order valence-corrected chi connectivity index (χ3v) is 10.4. The van der Waals surface area contributed by atoms with Gasteiger partial charge in [0.2, 0.25) is 11.8 Å². The lowest BCUT2D eigenvalue weighted by Crippen LogP contribution is -2.50. The molecule has 6 rings (SSSR count). The van der Waals surface area contributed by atoms with E-state index in [1.165, 1.54) is 11.8 Å². The minimum atomic E-state index is -1.11. The molecule has 10 heteroatoms. The summed E-state index contributed by atoms with van der Waals surface area (Å²) in [5, 5.41) is 4.81. The molecule has 0 aliphatic carbocycles. The summed E-state index contributed by atoms with van der Waals surface area (Å²) in [7, 11) is 0. The van der Waals surface area contributed by atoms with E-state index in [9.17, 15) is 9.59 Å². The van der Waals surface area contributed by atoms with Gasteiger partial charge in [-0.15, -0.1) is 11.8 Å². The molecule has 0 radical (unpaired) electrons. The second-order valence-electron chi connectivity index (χ2n) is 11.2. The molecule has 0 saturated carbocycles. The van der Waals surface area contributed by atoms with Gasteiger partial charge in [0.1, 0.15) is 4.75 Å². The highest BCUT2D eigenvalue weighted by Crippen LogP contribution is 2.54. The van der Waals surface area contributed by atoms with Crippen molar-refractivity contribution in [2.75, 3.05) is 39.4 Å². The third kappa shape index (κ3) is 6.51. The van der Waals surface area contributed by atoms with Crippen LogP contribution in [0.5, 0.6) is 0 Å². The zero-order valence-electron chi connectivity index (χ0n) is 23.9. The molecule has 2 atom stereocenters. The van der Waals surface area contributed by atoms with Crippen molar-refractivity contribution in [3.63, 3.8) is 0 Å². The van der Waals surface area contributed by atoms with Crippen LogP contribution in [0.3, 0.4) is 0 Å². The van der Waals surface area contributed by atoms with Gasteiger partial charge in [0.25, 0.3) is 0 Å². The fourth-order valence-electron chi connectivity index (χ4n) is 6.01. The Labute approximate surface area is 269 Å². The third-order valence-electron chi connectivity index (χ3n) is 8.25. The van der Waals surface area contributed by atoms with Gasteiger partial charge < -0.3 is 19.9 Å². The van der Waals surface area contributed by atoms with Gasteiger partial charge in [-0.05, 0) is 48.9 Å². The summed E-state index contributed by atoms with van der Waals surface area (Å²) >= 11 is 11.3. The first-order valence-electron chi connectivity index (χ1n) is 14.5. The van der Waals surface area contributed by atoms with E-state index >= 15 is 0 Å². The maximum atomic E-state index is 14.6. The first-order valence-corrected chi connectivity index (χ1v) is 16.5. The number of halogens is 2. The molecular formula is C33H34BrClN4O3S. The Bertz CT molecular complexity index is 1610. The number of nitrogens with one attached hydrogen (secondary N) is 2. The van der Waals surface area contributed by atoms with E-state index in [0.29, 0.717) is 31.3 Å². The lowest BCUT2D eigenvalue weighted by molar-refractivity contribution is -0.129. The molecule has 4 aromatic rings. The fraction of sp³-hybridized carbons (Fsp3) is 0.333. The van der Waals surface area contributed by atoms with Gasteiger partial charge in [-0.1, -0.05) is 63.4 Å². The van der Waals surface area contributed by atoms with Crippen LogP contribution < -0.4 is 5.32 Å². The minimum absolute atomic E-state index is 0.0563. The number of H-pyrrole nitrogens is 1. The predicted octanol–water partition coefficient (Wildman–Crippen LogP) is 6.35. The maximum Gasteiger partial charge on any atom is 0.239 e. The Balaban J connectivity index is 1.42. The summed E-state index contributed by atoms with van der Waals surface area (Å²) in [4.78, 5) is 37.1. The SMILES string of the molecule is Cc1ccc(S[C@@]2(C(=O)NCCN3CCOCC3)CC(=O)N(Cc3ccc(Br)cc3)[C@@H]2c2c[nH]c3cc(Cl)ccc23)cc1. The second kappa shape index (κ2) is 13.0. The number of carbonyl (C=O) groups excluding carboxylic acids is 2. The Morgan fingerprint density at radius 1 is 1.12 bits per heavy atom. The van der Waals surface area contributed by atoms with Crippen LogP contribution in [-0.4, -0.2) is 70.7 Å². The van der Waals surface area contributed by atoms with Crippen molar-refractivity contribution in [3.8, 4) is 0 Å². The Kier molecular flexibility index (Phi) is 9.16. The van der Waals surface area contributed by atoms with Crippen LogP contribution >= 0.6 is 39.3 Å². The molecule has 43 heavy (non-hydrogen) atoms. The Morgan fingerprint density at radius 3 is 2.60 bits per heavy atom. The highest BCUT2D eigenvalue weighted by molar-refractivity contribution is 9.10. The Morgan fingerprint density at radius 2 is 1.86 bits per heavy atom. The number of nitrogens with zero attached hydrogens (tertiary/aromatic N) is 2. The van der Waals surface area contributed by atoms with Crippen LogP contribution in [0.25, 0.3) is 10.9 Å². The predicted molar refractivity (Wildman–Crippen MR) is 175 cm³/mol. The zero-order chi connectivity index (χ0) is 30.0. The van der Waals surface area contributed by atoms with Crippen LogP contribution in [0.2, 0.25) is 5.02 Å². The van der Waals surface area contributed by atoms with Crippen molar-refractivity contribution in [3.05, 3.63) is 99.1 Å². The Hall–Kier alpha value is -2.82. The van der Waals surface area contributed by atoms with Crippen molar-refractivity contribution in [1.29, 1.82) is 0 Å². The topological polar surface area (TPSA) is 77.7 Å². The maximum absolute atomic E-state index is 14.6. The number of carbonyl (C=O) groups is 2. The molecule has 2 N–H and O–H groups in total. The molecule has 1 aromatic heterocycles. The second-order valence-corrected chi connectivity index (χ2v) is 13.9. The van der Waals surface area contributed by atoms with E-state index in [1.54, 1.807) is 0 Å².